The summed E-state index contributed by atoms with van der Waals surface area (Å²) in [6, 6.07) is 9.71. The standard InChI is InChI=1S/C28H30FN3O5/c29-24-15-22(4-3-20(24)14-21(34)13-19-1-2-19)37-27-5-6-30-25-17-28(26(31-18-33)16-23(25)27)36-12-9-32-7-10-35-11-8-32/h3-6,15-19H,1-2,7-14H2,(H,31,33). The molecule has 2 aliphatic rings. The molecule has 0 unspecified atom stereocenters. The number of carbonyl (C=O) groups is 2. The summed E-state index contributed by atoms with van der Waals surface area (Å²) in [7, 11) is 0. The van der Waals surface area contributed by atoms with Gasteiger partial charge in [0.05, 0.1) is 24.4 Å². The minimum atomic E-state index is -0.473. The Morgan fingerprint density at radius 1 is 1.16 bits per heavy atom. The molecule has 194 valence electrons. The van der Waals surface area contributed by atoms with Crippen LogP contribution in [0.3, 0.4) is 0 Å². The molecular weight excluding hydrogens is 477 g/mol. The van der Waals surface area contributed by atoms with Gasteiger partial charge in [-0.05, 0) is 42.5 Å². The maximum Gasteiger partial charge on any atom is 0.211 e. The first-order chi connectivity index (χ1) is 18.1. The summed E-state index contributed by atoms with van der Waals surface area (Å²) in [5.41, 5.74) is 1.46. The maximum atomic E-state index is 14.7. The number of nitrogens with one attached hydrogen (secondary N) is 1. The predicted molar refractivity (Wildman–Crippen MR) is 137 cm³/mol. The van der Waals surface area contributed by atoms with E-state index in [0.29, 0.717) is 78.0 Å². The molecule has 2 fully saturated rings. The summed E-state index contributed by atoms with van der Waals surface area (Å²) in [6.07, 6.45) is 4.99. The van der Waals surface area contributed by atoms with Gasteiger partial charge in [-0.15, -0.1) is 0 Å². The Morgan fingerprint density at radius 2 is 2.00 bits per heavy atom. The van der Waals surface area contributed by atoms with Gasteiger partial charge in [0.2, 0.25) is 6.41 Å². The number of rotatable bonds is 12. The summed E-state index contributed by atoms with van der Waals surface area (Å²) in [6.45, 7) is 4.34. The average molecular weight is 508 g/mol. The molecule has 5 rings (SSSR count). The van der Waals surface area contributed by atoms with Crippen molar-refractivity contribution in [2.75, 3.05) is 44.8 Å². The van der Waals surface area contributed by atoms with Crippen LogP contribution in [0.15, 0.2) is 42.6 Å². The van der Waals surface area contributed by atoms with Crippen LogP contribution in [0.5, 0.6) is 17.2 Å². The van der Waals surface area contributed by atoms with Crippen molar-refractivity contribution in [2.45, 2.75) is 25.7 Å². The van der Waals surface area contributed by atoms with Crippen molar-refractivity contribution in [1.29, 1.82) is 0 Å². The van der Waals surface area contributed by atoms with Crippen LogP contribution in [0, 0.1) is 11.7 Å². The lowest BCUT2D eigenvalue weighted by atomic mass is 10.0. The van der Waals surface area contributed by atoms with Crippen LogP contribution in [0.1, 0.15) is 24.8 Å². The number of Topliss-reactive ketones (excluding diaryl/α,β-unsaturated/α-hetero) is 1. The molecule has 0 spiro atoms. The number of hydrogen-bond acceptors (Lipinski definition) is 7. The van der Waals surface area contributed by atoms with Crippen molar-refractivity contribution in [1.82, 2.24) is 9.88 Å². The molecule has 0 radical (unpaired) electrons. The van der Waals surface area contributed by atoms with Gasteiger partial charge in [-0.1, -0.05) is 6.07 Å². The summed E-state index contributed by atoms with van der Waals surface area (Å²) < 4.78 is 32.1. The second-order valence-electron chi connectivity index (χ2n) is 9.46. The molecule has 1 amide bonds. The van der Waals surface area contributed by atoms with Crippen LogP contribution in [0.2, 0.25) is 0 Å². The van der Waals surface area contributed by atoms with Crippen LogP contribution in [-0.4, -0.2) is 61.5 Å². The van der Waals surface area contributed by atoms with E-state index in [9.17, 15) is 14.0 Å². The van der Waals surface area contributed by atoms with Gasteiger partial charge in [0, 0.05) is 56.2 Å². The molecule has 0 atom stereocenters. The van der Waals surface area contributed by atoms with Crippen LogP contribution in [0.25, 0.3) is 10.9 Å². The van der Waals surface area contributed by atoms with Crippen LogP contribution >= 0.6 is 0 Å². The molecule has 1 aliphatic heterocycles. The highest BCUT2D eigenvalue weighted by Crippen LogP contribution is 2.36. The summed E-state index contributed by atoms with van der Waals surface area (Å²) in [5.74, 6) is 1.33. The van der Waals surface area contributed by atoms with Crippen LogP contribution < -0.4 is 14.8 Å². The Hall–Kier alpha value is -3.56. The molecule has 0 bridgehead atoms. The minimum absolute atomic E-state index is 0.0633. The molecule has 2 heterocycles. The number of anilines is 1. The first kappa shape index (κ1) is 25.1. The number of ether oxygens (including phenoxy) is 3. The third-order valence-electron chi connectivity index (χ3n) is 6.64. The first-order valence-corrected chi connectivity index (χ1v) is 12.6. The third-order valence-corrected chi connectivity index (χ3v) is 6.64. The number of morpholine rings is 1. The van der Waals surface area contributed by atoms with Gasteiger partial charge < -0.3 is 19.5 Å². The van der Waals surface area contributed by atoms with Crippen molar-refractivity contribution in [3.05, 3.63) is 54.0 Å². The number of ketones is 1. The van der Waals surface area contributed by atoms with Crippen LogP contribution in [0.4, 0.5) is 10.1 Å². The average Bonchev–Trinajstić information content (AvgIpc) is 3.71. The van der Waals surface area contributed by atoms with Gasteiger partial charge in [0.1, 0.15) is 35.5 Å². The summed E-state index contributed by atoms with van der Waals surface area (Å²) >= 11 is 0. The fraction of sp³-hybridized carbons (Fsp3) is 0.393. The quantitative estimate of drug-likeness (QED) is 0.365. The number of nitrogens with zero attached hydrogens (tertiary/aromatic N) is 2. The lowest BCUT2D eigenvalue weighted by Crippen LogP contribution is -2.38. The molecule has 1 aromatic heterocycles. The number of halogens is 1. The smallest absolute Gasteiger partial charge is 0.211 e. The largest absolute Gasteiger partial charge is 0.490 e. The Morgan fingerprint density at radius 3 is 2.76 bits per heavy atom. The topological polar surface area (TPSA) is 90.0 Å². The monoisotopic (exact) mass is 507 g/mol. The lowest BCUT2D eigenvalue weighted by molar-refractivity contribution is -0.118. The van der Waals surface area contributed by atoms with Crippen LogP contribution in [-0.2, 0) is 20.7 Å². The number of amides is 1. The Bertz CT molecular complexity index is 1270. The van der Waals surface area contributed by atoms with Crippen molar-refractivity contribution in [2.24, 2.45) is 5.92 Å². The SMILES string of the molecule is O=CNc1cc2c(Oc3ccc(CC(=O)CC4CC4)c(F)c3)ccnc2cc1OCCN1CCOCC1. The zero-order valence-corrected chi connectivity index (χ0v) is 20.6. The number of pyridine rings is 1. The molecule has 2 aromatic carbocycles. The molecule has 37 heavy (non-hydrogen) atoms. The normalized spacial score (nSPS) is 15.9. The Kier molecular flexibility index (Phi) is 7.91. The maximum absolute atomic E-state index is 14.7. The van der Waals surface area contributed by atoms with Gasteiger partial charge in [0.25, 0.3) is 0 Å². The number of carbonyl (C=O) groups excluding carboxylic acids is 2. The minimum Gasteiger partial charge on any atom is -0.490 e. The fourth-order valence-electron chi connectivity index (χ4n) is 4.43. The number of hydrogen-bond donors (Lipinski definition) is 1. The summed E-state index contributed by atoms with van der Waals surface area (Å²) in [4.78, 5) is 30.1. The highest BCUT2D eigenvalue weighted by atomic mass is 19.1. The molecule has 1 saturated carbocycles. The van der Waals surface area contributed by atoms with E-state index < -0.39 is 5.82 Å². The van der Waals surface area contributed by atoms with E-state index >= 15 is 0 Å². The molecule has 8 nitrogen and oxygen atoms in total. The second kappa shape index (κ2) is 11.7. The Balaban J connectivity index is 1.31. The highest BCUT2D eigenvalue weighted by Gasteiger charge is 2.24. The van der Waals surface area contributed by atoms with E-state index in [0.717, 1.165) is 32.5 Å². The van der Waals surface area contributed by atoms with Gasteiger partial charge >= 0.3 is 0 Å². The van der Waals surface area contributed by atoms with Crippen molar-refractivity contribution in [3.63, 3.8) is 0 Å². The summed E-state index contributed by atoms with van der Waals surface area (Å²) in [5, 5.41) is 3.32. The van der Waals surface area contributed by atoms with Crippen molar-refractivity contribution >= 4 is 28.8 Å². The van der Waals surface area contributed by atoms with E-state index in [2.05, 4.69) is 15.2 Å². The zero-order chi connectivity index (χ0) is 25.6. The molecule has 9 heteroatoms. The number of fused-ring (bicyclic) bond motifs is 1. The lowest BCUT2D eigenvalue weighted by Gasteiger charge is -2.26. The third kappa shape index (κ3) is 6.61. The molecule has 1 N–H and O–H groups in total. The molecular formula is C28H30FN3O5. The van der Waals surface area contributed by atoms with Gasteiger partial charge in [-0.25, -0.2) is 4.39 Å². The zero-order valence-electron chi connectivity index (χ0n) is 20.6. The van der Waals surface area contributed by atoms with Gasteiger partial charge in [-0.3, -0.25) is 19.5 Å². The van der Waals surface area contributed by atoms with Gasteiger partial charge in [0.15, 0.2) is 0 Å². The van der Waals surface area contributed by atoms with Gasteiger partial charge in [-0.2, -0.15) is 0 Å². The molecule has 1 aliphatic carbocycles. The second-order valence-corrected chi connectivity index (χ2v) is 9.46. The number of benzene rings is 2. The first-order valence-electron chi connectivity index (χ1n) is 12.6. The van der Waals surface area contributed by atoms with Crippen molar-refractivity contribution in [3.8, 4) is 17.2 Å². The van der Waals surface area contributed by atoms with Crippen molar-refractivity contribution < 1.29 is 28.2 Å². The molecule has 1 saturated heterocycles. The molecule has 3 aromatic rings. The number of aromatic nitrogens is 1. The van der Waals surface area contributed by atoms with E-state index in [1.54, 1.807) is 36.5 Å². The predicted octanol–water partition coefficient (Wildman–Crippen LogP) is 4.36. The van der Waals surface area contributed by atoms with E-state index in [4.69, 9.17) is 14.2 Å². The highest BCUT2D eigenvalue weighted by molar-refractivity contribution is 5.93. The fourth-order valence-corrected chi connectivity index (χ4v) is 4.43. The Labute approximate surface area is 214 Å². The van der Waals surface area contributed by atoms with E-state index in [1.807, 2.05) is 0 Å². The van der Waals surface area contributed by atoms with E-state index in [1.165, 1.54) is 6.07 Å². The van der Waals surface area contributed by atoms with E-state index in [-0.39, 0.29) is 12.2 Å².